The third-order valence-electron chi connectivity index (χ3n) is 5.35. The molecule has 0 spiro atoms. The Kier molecular flexibility index (Phi) is 8.89. The van der Waals surface area contributed by atoms with Gasteiger partial charge in [-0.05, 0) is 65.2 Å². The Morgan fingerprint density at radius 2 is 1.58 bits per heavy atom. The van der Waals surface area contributed by atoms with E-state index in [1.807, 2.05) is 91.0 Å². The Balaban J connectivity index is 1.22. The lowest BCUT2D eigenvalue weighted by molar-refractivity contribution is 0.107. The van der Waals surface area contributed by atoms with Crippen molar-refractivity contribution in [3.05, 3.63) is 120 Å². The molecule has 4 rings (SSSR count). The molecule has 0 atom stereocenters. The summed E-state index contributed by atoms with van der Waals surface area (Å²) in [4.78, 5) is 16.7. The predicted molar refractivity (Wildman–Crippen MR) is 139 cm³/mol. The fraction of sp³-hybridized carbons (Fsp3) is 0.172. The molecule has 36 heavy (non-hydrogen) atoms. The Labute approximate surface area is 211 Å². The maximum Gasteiger partial charge on any atom is 0.319 e. The molecule has 0 radical (unpaired) electrons. The summed E-state index contributed by atoms with van der Waals surface area (Å²) in [7, 11) is 1.64. The lowest BCUT2D eigenvalue weighted by Crippen LogP contribution is -2.28. The number of urea groups is 1. The fourth-order valence-electron chi connectivity index (χ4n) is 3.49. The maximum absolute atomic E-state index is 12.4. The van der Waals surface area contributed by atoms with Crippen molar-refractivity contribution < 1.29 is 19.0 Å². The highest BCUT2D eigenvalue weighted by molar-refractivity contribution is 5.89. The van der Waals surface area contributed by atoms with Gasteiger partial charge in [0.05, 0.1) is 26.0 Å². The number of anilines is 1. The number of pyridine rings is 1. The summed E-state index contributed by atoms with van der Waals surface area (Å²) in [5.74, 6) is 1.54. The minimum Gasteiger partial charge on any atom is -0.497 e. The first-order chi connectivity index (χ1) is 17.7. The molecule has 7 nitrogen and oxygen atoms in total. The van der Waals surface area contributed by atoms with Gasteiger partial charge in [-0.2, -0.15) is 0 Å². The zero-order chi connectivity index (χ0) is 25.0. The number of hydrogen-bond acceptors (Lipinski definition) is 5. The van der Waals surface area contributed by atoms with Crippen molar-refractivity contribution in [1.82, 2.24) is 10.3 Å². The standard InChI is InChI=1S/C29H29N3O4/c1-34-27-13-11-22(12-14-27)19-35-20-24-7-4-9-25(16-24)32-29(33)31-18-23-6-5-10-28(17-23)36-21-26-8-2-3-15-30-26/h2-17H,18-21H2,1H3,(H2,31,32,33). The van der Waals surface area contributed by atoms with Crippen LogP contribution in [0.15, 0.2) is 97.2 Å². The third kappa shape index (κ3) is 7.85. The summed E-state index contributed by atoms with van der Waals surface area (Å²) in [6, 6.07) is 28.4. The van der Waals surface area contributed by atoms with Crippen molar-refractivity contribution in [2.75, 3.05) is 12.4 Å². The first kappa shape index (κ1) is 24.8. The molecule has 0 saturated heterocycles. The number of carbonyl (C=O) groups excluding carboxylic acids is 1. The molecule has 7 heteroatoms. The van der Waals surface area contributed by atoms with Crippen molar-refractivity contribution in [2.45, 2.75) is 26.4 Å². The van der Waals surface area contributed by atoms with Crippen molar-refractivity contribution in [3.8, 4) is 11.5 Å². The number of nitrogens with one attached hydrogen (secondary N) is 2. The zero-order valence-electron chi connectivity index (χ0n) is 20.1. The van der Waals surface area contributed by atoms with Crippen LogP contribution in [0.4, 0.5) is 10.5 Å². The van der Waals surface area contributed by atoms with Crippen LogP contribution in [0.3, 0.4) is 0 Å². The second-order valence-corrected chi connectivity index (χ2v) is 8.11. The second-order valence-electron chi connectivity index (χ2n) is 8.11. The lowest BCUT2D eigenvalue weighted by atomic mass is 10.2. The normalized spacial score (nSPS) is 10.5. The van der Waals surface area contributed by atoms with Gasteiger partial charge in [-0.15, -0.1) is 0 Å². The highest BCUT2D eigenvalue weighted by atomic mass is 16.5. The summed E-state index contributed by atoms with van der Waals surface area (Å²) < 4.78 is 16.8. The quantitative estimate of drug-likeness (QED) is 0.286. The van der Waals surface area contributed by atoms with Crippen molar-refractivity contribution in [3.63, 3.8) is 0 Å². The Morgan fingerprint density at radius 3 is 2.39 bits per heavy atom. The van der Waals surface area contributed by atoms with Gasteiger partial charge < -0.3 is 24.8 Å². The molecule has 0 saturated carbocycles. The van der Waals surface area contributed by atoms with Gasteiger partial charge in [0.15, 0.2) is 0 Å². The molecule has 4 aromatic rings. The minimum absolute atomic E-state index is 0.286. The molecule has 3 aromatic carbocycles. The molecule has 2 amide bonds. The van der Waals surface area contributed by atoms with Gasteiger partial charge in [-0.25, -0.2) is 4.79 Å². The topological polar surface area (TPSA) is 81.7 Å². The van der Waals surface area contributed by atoms with E-state index in [2.05, 4.69) is 15.6 Å². The Morgan fingerprint density at radius 1 is 0.778 bits per heavy atom. The SMILES string of the molecule is COc1ccc(COCc2cccc(NC(=O)NCc3cccc(OCc4ccccn4)c3)c2)cc1. The predicted octanol–water partition coefficient (Wildman–Crippen LogP) is 5.71. The molecule has 1 aromatic heterocycles. The van der Waals surface area contributed by atoms with Gasteiger partial charge in [-0.3, -0.25) is 4.98 Å². The molecule has 0 aliphatic heterocycles. The average Bonchev–Trinajstić information content (AvgIpc) is 2.92. The van der Waals surface area contributed by atoms with E-state index in [1.165, 1.54) is 0 Å². The number of rotatable bonds is 11. The van der Waals surface area contributed by atoms with Gasteiger partial charge in [-0.1, -0.05) is 42.5 Å². The number of ether oxygens (including phenoxy) is 3. The highest BCUT2D eigenvalue weighted by Gasteiger charge is 2.05. The van der Waals surface area contributed by atoms with Gasteiger partial charge in [0.2, 0.25) is 0 Å². The minimum atomic E-state index is -0.286. The zero-order valence-corrected chi connectivity index (χ0v) is 20.1. The van der Waals surface area contributed by atoms with Gasteiger partial charge in [0, 0.05) is 18.4 Å². The van der Waals surface area contributed by atoms with Gasteiger partial charge >= 0.3 is 6.03 Å². The molecule has 0 aliphatic carbocycles. The fourth-order valence-corrected chi connectivity index (χ4v) is 3.49. The van der Waals surface area contributed by atoms with Crippen LogP contribution in [0.5, 0.6) is 11.5 Å². The van der Waals surface area contributed by atoms with Crippen LogP contribution in [0, 0.1) is 0 Å². The van der Waals surface area contributed by atoms with Crippen LogP contribution in [0.25, 0.3) is 0 Å². The molecule has 184 valence electrons. The van der Waals surface area contributed by atoms with Crippen LogP contribution < -0.4 is 20.1 Å². The molecule has 1 heterocycles. The molecule has 0 bridgehead atoms. The van der Waals surface area contributed by atoms with E-state index in [4.69, 9.17) is 14.2 Å². The van der Waals surface area contributed by atoms with E-state index >= 15 is 0 Å². The summed E-state index contributed by atoms with van der Waals surface area (Å²) in [6.07, 6.45) is 1.74. The van der Waals surface area contributed by atoms with Crippen molar-refractivity contribution >= 4 is 11.7 Å². The largest absolute Gasteiger partial charge is 0.497 e. The van der Waals surface area contributed by atoms with E-state index in [1.54, 1.807) is 13.3 Å². The summed E-state index contributed by atoms with van der Waals surface area (Å²) in [5, 5.41) is 5.76. The molecular formula is C29H29N3O4. The second kappa shape index (κ2) is 12.9. The van der Waals surface area contributed by atoms with Crippen molar-refractivity contribution in [2.24, 2.45) is 0 Å². The smallest absolute Gasteiger partial charge is 0.319 e. The lowest BCUT2D eigenvalue weighted by Gasteiger charge is -2.11. The van der Waals surface area contributed by atoms with E-state index in [9.17, 15) is 4.79 Å². The number of benzene rings is 3. The van der Waals surface area contributed by atoms with E-state index < -0.39 is 0 Å². The molecule has 0 unspecified atom stereocenters. The number of nitrogens with zero attached hydrogens (tertiary/aromatic N) is 1. The molecular weight excluding hydrogens is 454 g/mol. The van der Waals surface area contributed by atoms with Gasteiger partial charge in [0.25, 0.3) is 0 Å². The Hall–Kier alpha value is -4.36. The van der Waals surface area contributed by atoms with E-state index in [0.717, 1.165) is 33.9 Å². The first-order valence-electron chi connectivity index (χ1n) is 11.6. The van der Waals surface area contributed by atoms with Crippen LogP contribution in [-0.2, 0) is 31.1 Å². The number of carbonyl (C=O) groups is 1. The molecule has 0 aliphatic rings. The Bertz CT molecular complexity index is 1250. The van der Waals surface area contributed by atoms with Crippen molar-refractivity contribution in [1.29, 1.82) is 0 Å². The summed E-state index contributed by atoms with van der Waals surface area (Å²) in [5.41, 5.74) is 4.53. The van der Waals surface area contributed by atoms with Gasteiger partial charge in [0.1, 0.15) is 18.1 Å². The van der Waals surface area contributed by atoms with Crippen LogP contribution >= 0.6 is 0 Å². The van der Waals surface area contributed by atoms with E-state index in [0.29, 0.717) is 32.1 Å². The summed E-state index contributed by atoms with van der Waals surface area (Å²) >= 11 is 0. The number of hydrogen-bond donors (Lipinski definition) is 2. The molecule has 2 N–H and O–H groups in total. The van der Waals surface area contributed by atoms with Crippen LogP contribution in [0.1, 0.15) is 22.4 Å². The monoisotopic (exact) mass is 483 g/mol. The van der Waals surface area contributed by atoms with Crippen LogP contribution in [-0.4, -0.2) is 18.1 Å². The summed E-state index contributed by atoms with van der Waals surface area (Å²) in [6.45, 7) is 1.69. The highest BCUT2D eigenvalue weighted by Crippen LogP contribution is 2.16. The number of amides is 2. The number of aromatic nitrogens is 1. The van der Waals surface area contributed by atoms with E-state index in [-0.39, 0.29) is 6.03 Å². The molecule has 0 fully saturated rings. The first-order valence-corrected chi connectivity index (χ1v) is 11.6. The third-order valence-corrected chi connectivity index (χ3v) is 5.35. The number of methoxy groups -OCH3 is 1. The average molecular weight is 484 g/mol. The maximum atomic E-state index is 12.4. The van der Waals surface area contributed by atoms with Crippen LogP contribution in [0.2, 0.25) is 0 Å².